The van der Waals surface area contributed by atoms with Crippen LogP contribution in [0.5, 0.6) is 0 Å². The lowest BCUT2D eigenvalue weighted by molar-refractivity contribution is -0.143. The largest absolute Gasteiger partial charge is 0.320 e. The third-order valence-corrected chi connectivity index (χ3v) is 5.11. The zero-order valence-corrected chi connectivity index (χ0v) is 12.9. The molecule has 22 heavy (non-hydrogen) atoms. The number of amides is 2. The predicted octanol–water partition coefficient (Wildman–Crippen LogP) is 1.97. The van der Waals surface area contributed by atoms with Crippen molar-refractivity contribution >= 4 is 29.3 Å². The van der Waals surface area contributed by atoms with Gasteiger partial charge in [-0.3, -0.25) is 20.4 Å². The van der Waals surface area contributed by atoms with Gasteiger partial charge in [0.1, 0.15) is 11.9 Å². The van der Waals surface area contributed by atoms with Crippen LogP contribution in [0.15, 0.2) is 24.3 Å². The highest BCUT2D eigenvalue weighted by atomic mass is 32.2. The van der Waals surface area contributed by atoms with Crippen molar-refractivity contribution in [3.05, 3.63) is 30.1 Å². The molecule has 2 N–H and O–H groups in total. The number of hydrazine groups is 1. The molecule has 1 heterocycles. The molecule has 1 saturated heterocycles. The van der Waals surface area contributed by atoms with Crippen LogP contribution in [0.1, 0.15) is 19.3 Å². The average molecular weight is 323 g/mol. The van der Waals surface area contributed by atoms with Crippen LogP contribution in [-0.2, 0) is 9.59 Å². The summed E-state index contributed by atoms with van der Waals surface area (Å²) in [6.07, 6.45) is 2.96. The summed E-state index contributed by atoms with van der Waals surface area (Å²) >= 11 is 1.59. The molecule has 0 aromatic heterocycles. The highest BCUT2D eigenvalue weighted by molar-refractivity contribution is 7.99. The number of hydrogen-bond donors (Lipinski definition) is 2. The molecule has 118 valence electrons. The standard InChI is InChI=1S/C15H18FN3O2S/c16-11-4-6-12(7-5-11)17-18-14(20)13-8-22-9-19(13)15(21)10-2-1-3-10/h4-7,10,13,17H,1-3,8-9H2,(H,18,20)/t13-/m0/s1. The molecular weight excluding hydrogens is 305 g/mol. The van der Waals surface area contributed by atoms with E-state index in [0.29, 0.717) is 17.3 Å². The fourth-order valence-electron chi connectivity index (χ4n) is 2.52. The molecular formula is C15H18FN3O2S. The van der Waals surface area contributed by atoms with E-state index in [1.807, 2.05) is 0 Å². The van der Waals surface area contributed by atoms with E-state index < -0.39 is 6.04 Å². The molecule has 5 nitrogen and oxygen atoms in total. The summed E-state index contributed by atoms with van der Waals surface area (Å²) < 4.78 is 12.8. The maximum Gasteiger partial charge on any atom is 0.261 e. The fraction of sp³-hybridized carbons (Fsp3) is 0.467. The molecule has 1 atom stereocenters. The Labute approximate surface area is 132 Å². The van der Waals surface area contributed by atoms with Gasteiger partial charge in [-0.15, -0.1) is 11.8 Å². The Morgan fingerprint density at radius 2 is 1.95 bits per heavy atom. The van der Waals surface area contributed by atoms with Crippen molar-refractivity contribution in [2.75, 3.05) is 17.1 Å². The highest BCUT2D eigenvalue weighted by Gasteiger charge is 2.39. The van der Waals surface area contributed by atoms with E-state index in [1.165, 1.54) is 24.3 Å². The Balaban J connectivity index is 1.56. The molecule has 1 aromatic carbocycles. The molecule has 3 rings (SSSR count). The number of halogens is 1. The number of rotatable bonds is 4. The topological polar surface area (TPSA) is 61.4 Å². The quantitative estimate of drug-likeness (QED) is 0.832. The van der Waals surface area contributed by atoms with E-state index in [0.717, 1.165) is 19.3 Å². The summed E-state index contributed by atoms with van der Waals surface area (Å²) in [5.74, 6) is 0.805. The number of hydrogen-bond acceptors (Lipinski definition) is 4. The predicted molar refractivity (Wildman–Crippen MR) is 83.5 cm³/mol. The number of nitrogens with one attached hydrogen (secondary N) is 2. The molecule has 1 aliphatic heterocycles. The molecule has 0 spiro atoms. The second-order valence-corrected chi connectivity index (χ2v) is 6.57. The van der Waals surface area contributed by atoms with Gasteiger partial charge in [0.25, 0.3) is 5.91 Å². The number of carbonyl (C=O) groups excluding carboxylic acids is 2. The Morgan fingerprint density at radius 1 is 1.23 bits per heavy atom. The van der Waals surface area contributed by atoms with Gasteiger partial charge in [-0.1, -0.05) is 6.42 Å². The summed E-state index contributed by atoms with van der Waals surface area (Å²) in [5, 5.41) is 0. The van der Waals surface area contributed by atoms with Crippen molar-refractivity contribution in [2.45, 2.75) is 25.3 Å². The van der Waals surface area contributed by atoms with Crippen molar-refractivity contribution in [3.63, 3.8) is 0 Å². The number of benzene rings is 1. The van der Waals surface area contributed by atoms with Crippen LogP contribution in [0.3, 0.4) is 0 Å². The monoisotopic (exact) mass is 323 g/mol. The Morgan fingerprint density at radius 3 is 2.59 bits per heavy atom. The van der Waals surface area contributed by atoms with Crippen molar-refractivity contribution in [1.82, 2.24) is 10.3 Å². The lowest BCUT2D eigenvalue weighted by atomic mass is 9.84. The third-order valence-electron chi connectivity index (χ3n) is 4.10. The van der Waals surface area contributed by atoms with Crippen LogP contribution in [0, 0.1) is 11.7 Å². The van der Waals surface area contributed by atoms with E-state index in [1.54, 1.807) is 16.7 Å². The zero-order valence-electron chi connectivity index (χ0n) is 12.0. The number of carbonyl (C=O) groups is 2. The number of nitrogens with zero attached hydrogens (tertiary/aromatic N) is 1. The second-order valence-electron chi connectivity index (χ2n) is 5.57. The van der Waals surface area contributed by atoms with Gasteiger partial charge in [-0.25, -0.2) is 4.39 Å². The first kappa shape index (κ1) is 15.1. The van der Waals surface area contributed by atoms with E-state index in [2.05, 4.69) is 10.9 Å². The maximum absolute atomic E-state index is 12.8. The SMILES string of the molecule is O=C(NNc1ccc(F)cc1)[C@@H]1CSCN1C(=O)C1CCC1. The van der Waals surface area contributed by atoms with Crippen molar-refractivity contribution < 1.29 is 14.0 Å². The van der Waals surface area contributed by atoms with Gasteiger partial charge >= 0.3 is 0 Å². The van der Waals surface area contributed by atoms with Crippen molar-refractivity contribution in [3.8, 4) is 0 Å². The summed E-state index contributed by atoms with van der Waals surface area (Å²) in [6.45, 7) is 0. The number of anilines is 1. The van der Waals surface area contributed by atoms with Crippen molar-refractivity contribution in [2.24, 2.45) is 5.92 Å². The first-order chi connectivity index (χ1) is 10.6. The van der Waals surface area contributed by atoms with E-state index in [4.69, 9.17) is 0 Å². The van der Waals surface area contributed by atoms with E-state index >= 15 is 0 Å². The number of thioether (sulfide) groups is 1. The highest BCUT2D eigenvalue weighted by Crippen LogP contribution is 2.32. The summed E-state index contributed by atoms with van der Waals surface area (Å²) in [4.78, 5) is 26.3. The van der Waals surface area contributed by atoms with E-state index in [9.17, 15) is 14.0 Å². The molecule has 1 aliphatic carbocycles. The molecule has 2 fully saturated rings. The molecule has 1 aromatic rings. The normalized spacial score (nSPS) is 21.3. The van der Waals surface area contributed by atoms with Crippen molar-refractivity contribution in [1.29, 1.82) is 0 Å². The smallest absolute Gasteiger partial charge is 0.261 e. The molecule has 2 amide bonds. The first-order valence-corrected chi connectivity index (χ1v) is 8.50. The molecule has 7 heteroatoms. The lowest BCUT2D eigenvalue weighted by Gasteiger charge is -2.31. The molecule has 2 aliphatic rings. The molecule has 0 radical (unpaired) electrons. The lowest BCUT2D eigenvalue weighted by Crippen LogP contribution is -2.51. The van der Waals surface area contributed by atoms with Gasteiger partial charge in [-0.2, -0.15) is 0 Å². The summed E-state index contributed by atoms with van der Waals surface area (Å²) in [6, 6.07) is 5.26. The van der Waals surface area contributed by atoms with Crippen LogP contribution in [0.25, 0.3) is 0 Å². The van der Waals surface area contributed by atoms with Gasteiger partial charge in [0.15, 0.2) is 0 Å². The maximum atomic E-state index is 12.8. The van der Waals surface area contributed by atoms with Gasteiger partial charge in [0.2, 0.25) is 5.91 Å². The van der Waals surface area contributed by atoms with Gasteiger partial charge < -0.3 is 4.90 Å². The van der Waals surface area contributed by atoms with Crippen LogP contribution in [0.2, 0.25) is 0 Å². The first-order valence-electron chi connectivity index (χ1n) is 7.35. The van der Waals surface area contributed by atoms with Crippen LogP contribution in [0.4, 0.5) is 10.1 Å². The Hall–Kier alpha value is -1.76. The van der Waals surface area contributed by atoms with Crippen LogP contribution in [-0.4, -0.2) is 34.4 Å². The average Bonchev–Trinajstić information content (AvgIpc) is 2.94. The zero-order chi connectivity index (χ0) is 15.5. The Bertz CT molecular complexity index is 562. The third kappa shape index (κ3) is 3.19. The van der Waals surface area contributed by atoms with Crippen LogP contribution < -0.4 is 10.9 Å². The Kier molecular flexibility index (Phi) is 4.52. The van der Waals surface area contributed by atoms with Gasteiger partial charge in [0.05, 0.1) is 11.6 Å². The fourth-order valence-corrected chi connectivity index (χ4v) is 3.68. The second kappa shape index (κ2) is 6.56. The van der Waals surface area contributed by atoms with Crippen LogP contribution >= 0.6 is 11.8 Å². The minimum atomic E-state index is -0.439. The minimum absolute atomic E-state index is 0.0955. The summed E-state index contributed by atoms with van der Waals surface area (Å²) in [5.41, 5.74) is 5.95. The molecule has 0 unspecified atom stereocenters. The molecule has 0 bridgehead atoms. The molecule has 1 saturated carbocycles. The minimum Gasteiger partial charge on any atom is -0.320 e. The van der Waals surface area contributed by atoms with Gasteiger partial charge in [-0.05, 0) is 37.1 Å². The van der Waals surface area contributed by atoms with E-state index in [-0.39, 0.29) is 23.5 Å². The summed E-state index contributed by atoms with van der Waals surface area (Å²) in [7, 11) is 0. The van der Waals surface area contributed by atoms with Gasteiger partial charge in [0, 0.05) is 11.7 Å².